The number of aromatic amines is 1. The molecule has 2 aromatic heterocycles. The Kier molecular flexibility index (Phi) is 4.52. The van der Waals surface area contributed by atoms with E-state index in [0.29, 0.717) is 22.8 Å². The number of halogens is 1. The van der Waals surface area contributed by atoms with Gasteiger partial charge in [0.1, 0.15) is 11.6 Å². The summed E-state index contributed by atoms with van der Waals surface area (Å²) in [6, 6.07) is 6.21. The summed E-state index contributed by atoms with van der Waals surface area (Å²) >= 11 is 1.42. The number of nitrogens with one attached hydrogen (secondary N) is 1. The monoisotopic (exact) mass is 331 g/mol. The fourth-order valence-electron chi connectivity index (χ4n) is 1.82. The van der Waals surface area contributed by atoms with E-state index in [1.165, 1.54) is 23.9 Å². The van der Waals surface area contributed by atoms with Crippen LogP contribution in [0.3, 0.4) is 0 Å². The molecule has 3 rings (SSSR count). The topological polar surface area (TPSA) is 80.5 Å². The van der Waals surface area contributed by atoms with Gasteiger partial charge in [-0.3, -0.25) is 5.10 Å². The Balaban J connectivity index is 1.64. The zero-order valence-corrected chi connectivity index (χ0v) is 13.3. The third kappa shape index (κ3) is 4.04. The molecule has 0 bridgehead atoms. The second-order valence-corrected chi connectivity index (χ2v) is 6.12. The first-order valence-corrected chi connectivity index (χ1v) is 7.81. The lowest BCUT2D eigenvalue weighted by Crippen LogP contribution is -1.89. The van der Waals surface area contributed by atoms with Crippen LogP contribution in [0.2, 0.25) is 0 Å². The molecule has 8 heteroatoms. The highest BCUT2D eigenvalue weighted by Crippen LogP contribution is 2.31. The minimum atomic E-state index is -0.259. The highest BCUT2D eigenvalue weighted by atomic mass is 32.2. The Hall–Kier alpha value is -2.48. The van der Waals surface area contributed by atoms with E-state index < -0.39 is 0 Å². The third-order valence-electron chi connectivity index (χ3n) is 2.96. The van der Waals surface area contributed by atoms with Crippen molar-refractivity contribution in [1.82, 2.24) is 25.4 Å². The number of hydrogen-bond donors (Lipinski definition) is 1. The molecule has 118 valence electrons. The Morgan fingerprint density at radius 1 is 1.22 bits per heavy atom. The van der Waals surface area contributed by atoms with Crippen molar-refractivity contribution in [3.8, 4) is 0 Å². The van der Waals surface area contributed by atoms with Crippen molar-refractivity contribution < 1.29 is 8.81 Å². The zero-order chi connectivity index (χ0) is 16.2. The third-order valence-corrected chi connectivity index (χ3v) is 3.91. The van der Waals surface area contributed by atoms with E-state index >= 15 is 0 Å². The fraction of sp³-hybridized carbons (Fsp3) is 0.200. The Morgan fingerprint density at radius 2 is 2.00 bits per heavy atom. The molecule has 0 unspecified atom stereocenters. The molecular formula is C15H14FN5OS. The summed E-state index contributed by atoms with van der Waals surface area (Å²) in [5, 5.41) is 15.3. The summed E-state index contributed by atoms with van der Waals surface area (Å²) in [7, 11) is 0. The normalized spacial score (nSPS) is 12.8. The molecule has 6 nitrogen and oxygen atoms in total. The van der Waals surface area contributed by atoms with Crippen LogP contribution in [-0.4, -0.2) is 25.4 Å². The maximum atomic E-state index is 12.8. The van der Waals surface area contributed by atoms with Crippen molar-refractivity contribution in [2.75, 3.05) is 0 Å². The standard InChI is InChI=1S/C15H14FN5OS/c1-9(14-20-18-10(2)22-14)23-15-17-13(19-21-15)8-5-11-3-6-12(16)7-4-11/h3-9H,1-2H3,(H,17,19,21)/b8-5-/t9-/m1/s1. The van der Waals surface area contributed by atoms with Crippen molar-refractivity contribution in [1.29, 1.82) is 0 Å². The molecule has 0 saturated heterocycles. The van der Waals surface area contributed by atoms with Crippen LogP contribution in [0.25, 0.3) is 12.2 Å². The highest BCUT2D eigenvalue weighted by Gasteiger charge is 2.16. The molecule has 0 fully saturated rings. The molecular weight excluding hydrogens is 317 g/mol. The first-order valence-electron chi connectivity index (χ1n) is 6.93. The van der Waals surface area contributed by atoms with Gasteiger partial charge in [0.15, 0.2) is 0 Å². The fourth-order valence-corrected chi connectivity index (χ4v) is 2.58. The van der Waals surface area contributed by atoms with Crippen LogP contribution < -0.4 is 0 Å². The van der Waals surface area contributed by atoms with E-state index in [4.69, 9.17) is 4.42 Å². The second-order valence-electron chi connectivity index (χ2n) is 4.81. The molecule has 0 aliphatic carbocycles. The average molecular weight is 331 g/mol. The predicted molar refractivity (Wildman–Crippen MR) is 85.0 cm³/mol. The maximum absolute atomic E-state index is 12.8. The quantitative estimate of drug-likeness (QED) is 0.719. The minimum Gasteiger partial charge on any atom is -0.424 e. The highest BCUT2D eigenvalue weighted by molar-refractivity contribution is 7.99. The predicted octanol–water partition coefficient (Wildman–Crippen LogP) is 3.66. The molecule has 1 aromatic carbocycles. The van der Waals surface area contributed by atoms with Gasteiger partial charge >= 0.3 is 0 Å². The van der Waals surface area contributed by atoms with E-state index in [1.54, 1.807) is 25.1 Å². The van der Waals surface area contributed by atoms with Gasteiger partial charge in [-0.2, -0.15) is 0 Å². The SMILES string of the molecule is Cc1nnc([C@@H](C)Sc2n[nH]c(/C=C\c3ccc(F)cc3)n2)o1. The van der Waals surface area contributed by atoms with Gasteiger partial charge in [0, 0.05) is 6.92 Å². The molecule has 0 aliphatic rings. The summed E-state index contributed by atoms with van der Waals surface area (Å²) in [5.74, 6) is 1.43. The molecule has 2 heterocycles. The molecule has 0 saturated carbocycles. The van der Waals surface area contributed by atoms with Gasteiger partial charge in [-0.15, -0.1) is 15.3 Å². The molecule has 0 spiro atoms. The van der Waals surface area contributed by atoms with E-state index in [1.807, 2.05) is 13.0 Å². The summed E-state index contributed by atoms with van der Waals surface area (Å²) in [5.41, 5.74) is 0.881. The first kappa shape index (κ1) is 15.4. The Bertz CT molecular complexity index is 811. The van der Waals surface area contributed by atoms with Gasteiger partial charge in [0.2, 0.25) is 16.9 Å². The zero-order valence-electron chi connectivity index (χ0n) is 12.5. The van der Waals surface area contributed by atoms with Crippen LogP contribution in [0.5, 0.6) is 0 Å². The number of nitrogens with zero attached hydrogens (tertiary/aromatic N) is 4. The van der Waals surface area contributed by atoms with Crippen molar-refractivity contribution >= 4 is 23.9 Å². The summed E-state index contributed by atoms with van der Waals surface area (Å²) in [4.78, 5) is 4.36. The Morgan fingerprint density at radius 3 is 2.70 bits per heavy atom. The largest absolute Gasteiger partial charge is 0.424 e. The van der Waals surface area contributed by atoms with E-state index in [2.05, 4.69) is 25.4 Å². The van der Waals surface area contributed by atoms with Gasteiger partial charge in [0.05, 0.1) is 5.25 Å². The maximum Gasteiger partial charge on any atom is 0.229 e. The van der Waals surface area contributed by atoms with Crippen LogP contribution in [0, 0.1) is 12.7 Å². The molecule has 1 N–H and O–H groups in total. The van der Waals surface area contributed by atoms with E-state index in [9.17, 15) is 4.39 Å². The second kappa shape index (κ2) is 6.74. The van der Waals surface area contributed by atoms with E-state index in [0.717, 1.165) is 5.56 Å². The first-order chi connectivity index (χ1) is 11.1. The molecule has 0 aliphatic heterocycles. The smallest absolute Gasteiger partial charge is 0.229 e. The molecule has 3 aromatic rings. The van der Waals surface area contributed by atoms with Crippen molar-refractivity contribution in [2.24, 2.45) is 0 Å². The number of aryl methyl sites for hydroxylation is 1. The lowest BCUT2D eigenvalue weighted by atomic mass is 10.2. The van der Waals surface area contributed by atoms with Gasteiger partial charge in [-0.05, 0) is 30.7 Å². The number of rotatable bonds is 5. The van der Waals surface area contributed by atoms with Crippen molar-refractivity contribution in [2.45, 2.75) is 24.3 Å². The number of hydrogen-bond acceptors (Lipinski definition) is 6. The van der Waals surface area contributed by atoms with Crippen molar-refractivity contribution in [3.05, 3.63) is 53.3 Å². The van der Waals surface area contributed by atoms with E-state index in [-0.39, 0.29) is 11.1 Å². The van der Waals surface area contributed by atoms with Gasteiger partial charge in [-0.1, -0.05) is 30.0 Å². The van der Waals surface area contributed by atoms with Crippen LogP contribution in [0.15, 0.2) is 33.8 Å². The lowest BCUT2D eigenvalue weighted by Gasteiger charge is -2.01. The number of H-pyrrole nitrogens is 1. The number of thioether (sulfide) groups is 1. The Labute approximate surface area is 136 Å². The molecule has 0 amide bonds. The van der Waals surface area contributed by atoms with Gasteiger partial charge < -0.3 is 4.42 Å². The lowest BCUT2D eigenvalue weighted by molar-refractivity contribution is 0.470. The molecule has 1 atom stereocenters. The van der Waals surface area contributed by atoms with Crippen LogP contribution in [-0.2, 0) is 0 Å². The van der Waals surface area contributed by atoms with Crippen LogP contribution in [0.1, 0.15) is 35.3 Å². The number of aromatic nitrogens is 5. The molecule has 23 heavy (non-hydrogen) atoms. The minimum absolute atomic E-state index is 0.0408. The summed E-state index contributed by atoms with van der Waals surface area (Å²) < 4.78 is 18.2. The summed E-state index contributed by atoms with van der Waals surface area (Å²) in [6.07, 6.45) is 3.62. The van der Waals surface area contributed by atoms with Gasteiger partial charge in [0.25, 0.3) is 0 Å². The van der Waals surface area contributed by atoms with Crippen molar-refractivity contribution in [3.63, 3.8) is 0 Å². The van der Waals surface area contributed by atoms with Crippen LogP contribution in [0.4, 0.5) is 4.39 Å². The average Bonchev–Trinajstić information content (AvgIpc) is 3.16. The van der Waals surface area contributed by atoms with Crippen LogP contribution >= 0.6 is 11.8 Å². The van der Waals surface area contributed by atoms with Gasteiger partial charge in [-0.25, -0.2) is 9.37 Å². The molecule has 0 radical (unpaired) electrons. The number of benzene rings is 1. The summed E-state index contributed by atoms with van der Waals surface area (Å²) in [6.45, 7) is 3.70.